The number of amides is 2. The van der Waals surface area contributed by atoms with E-state index in [-0.39, 0.29) is 5.91 Å². The van der Waals surface area contributed by atoms with Crippen molar-refractivity contribution in [1.82, 2.24) is 10.6 Å². The number of carbonyl (C=O) groups excluding carboxylic acids is 2. The van der Waals surface area contributed by atoms with Crippen LogP contribution in [0.25, 0.3) is 11.1 Å². The van der Waals surface area contributed by atoms with Crippen molar-refractivity contribution in [2.45, 2.75) is 44.1 Å². The highest BCUT2D eigenvalue weighted by Gasteiger charge is 2.56. The molecule has 2 unspecified atom stereocenters. The molecule has 1 saturated heterocycles. The largest absolute Gasteiger partial charge is 0.461 e. The van der Waals surface area contributed by atoms with Crippen molar-refractivity contribution in [3.05, 3.63) is 53.6 Å². The van der Waals surface area contributed by atoms with Crippen LogP contribution in [0.4, 0.5) is 0 Å². The van der Waals surface area contributed by atoms with Gasteiger partial charge in [0, 0.05) is 19.5 Å². The number of rotatable bonds is 7. The monoisotopic (exact) mass is 474 g/mol. The molecule has 5 atom stereocenters. The molecule has 10 nitrogen and oxygen atoms in total. The van der Waals surface area contributed by atoms with Gasteiger partial charge in [0.2, 0.25) is 12.2 Å². The SMILES string of the molecule is CNC(=O)c1cccc(-c2ccc(O[C@H]3OC(CO)[C@@H](O)C(O)[C@@]3(O)CNC(C)=O)c(C)c2)c1. The van der Waals surface area contributed by atoms with Gasteiger partial charge in [-0.2, -0.15) is 0 Å². The van der Waals surface area contributed by atoms with Crippen molar-refractivity contribution in [1.29, 1.82) is 0 Å². The normalized spacial score (nSPS) is 26.6. The summed E-state index contributed by atoms with van der Waals surface area (Å²) in [5.41, 5.74) is 0.612. The molecule has 0 saturated carbocycles. The number of benzene rings is 2. The van der Waals surface area contributed by atoms with E-state index in [1.807, 2.05) is 12.1 Å². The van der Waals surface area contributed by atoms with Crippen LogP contribution < -0.4 is 15.4 Å². The fourth-order valence-corrected chi connectivity index (χ4v) is 3.79. The Morgan fingerprint density at radius 1 is 1.15 bits per heavy atom. The lowest BCUT2D eigenvalue weighted by molar-refractivity contribution is -0.318. The average molecular weight is 475 g/mol. The third-order valence-electron chi connectivity index (χ3n) is 5.82. The van der Waals surface area contributed by atoms with Gasteiger partial charge in [-0.3, -0.25) is 9.59 Å². The minimum Gasteiger partial charge on any atom is -0.461 e. The smallest absolute Gasteiger partial charge is 0.251 e. The predicted octanol–water partition coefficient (Wildman–Crippen LogP) is -0.293. The van der Waals surface area contributed by atoms with E-state index in [2.05, 4.69) is 10.6 Å². The van der Waals surface area contributed by atoms with Crippen molar-refractivity contribution in [3.63, 3.8) is 0 Å². The van der Waals surface area contributed by atoms with E-state index < -0.39 is 49.3 Å². The molecule has 34 heavy (non-hydrogen) atoms. The van der Waals surface area contributed by atoms with Crippen LogP contribution in [0, 0.1) is 6.92 Å². The zero-order valence-corrected chi connectivity index (χ0v) is 19.2. The lowest BCUT2D eigenvalue weighted by atomic mass is 9.86. The number of carbonyl (C=O) groups is 2. The summed E-state index contributed by atoms with van der Waals surface area (Å²) in [5.74, 6) is -0.346. The first-order chi connectivity index (χ1) is 16.1. The number of aryl methyl sites for hydroxylation is 1. The van der Waals surface area contributed by atoms with E-state index in [0.29, 0.717) is 16.9 Å². The van der Waals surface area contributed by atoms with Gasteiger partial charge in [0.25, 0.3) is 5.91 Å². The van der Waals surface area contributed by atoms with Gasteiger partial charge in [-0.15, -0.1) is 0 Å². The van der Waals surface area contributed by atoms with Crippen molar-refractivity contribution in [2.75, 3.05) is 20.2 Å². The molecule has 1 aliphatic rings. The Morgan fingerprint density at radius 2 is 1.85 bits per heavy atom. The molecule has 2 amide bonds. The summed E-state index contributed by atoms with van der Waals surface area (Å²) in [4.78, 5) is 23.3. The highest BCUT2D eigenvalue weighted by molar-refractivity contribution is 5.95. The van der Waals surface area contributed by atoms with Crippen molar-refractivity contribution in [2.24, 2.45) is 0 Å². The van der Waals surface area contributed by atoms with E-state index >= 15 is 0 Å². The molecule has 1 heterocycles. The first-order valence-electron chi connectivity index (χ1n) is 10.8. The second-order valence-electron chi connectivity index (χ2n) is 8.28. The summed E-state index contributed by atoms with van der Waals surface area (Å²) in [7, 11) is 1.56. The zero-order valence-electron chi connectivity index (χ0n) is 19.2. The van der Waals surface area contributed by atoms with Gasteiger partial charge >= 0.3 is 0 Å². The number of aliphatic hydroxyl groups is 4. The third kappa shape index (κ3) is 5.21. The first-order valence-corrected chi connectivity index (χ1v) is 10.8. The van der Waals surface area contributed by atoms with Gasteiger partial charge in [-0.1, -0.05) is 18.2 Å². The maximum Gasteiger partial charge on any atom is 0.251 e. The van der Waals surface area contributed by atoms with Gasteiger partial charge in [-0.25, -0.2) is 0 Å². The van der Waals surface area contributed by atoms with E-state index in [1.165, 1.54) is 6.92 Å². The summed E-state index contributed by atoms with van der Waals surface area (Å²) < 4.78 is 11.5. The minimum absolute atomic E-state index is 0.203. The molecule has 184 valence electrons. The lowest BCUT2D eigenvalue weighted by Crippen LogP contribution is -2.71. The van der Waals surface area contributed by atoms with Gasteiger partial charge in [0.1, 0.15) is 24.1 Å². The maximum atomic E-state index is 11.9. The highest BCUT2D eigenvalue weighted by atomic mass is 16.7. The molecule has 1 fully saturated rings. The number of aliphatic hydroxyl groups excluding tert-OH is 3. The van der Waals surface area contributed by atoms with Crippen LogP contribution in [0.15, 0.2) is 42.5 Å². The number of hydrogen-bond donors (Lipinski definition) is 6. The van der Waals surface area contributed by atoms with Crippen molar-refractivity contribution < 1.29 is 39.5 Å². The minimum atomic E-state index is -2.19. The lowest BCUT2D eigenvalue weighted by Gasteiger charge is -2.47. The van der Waals surface area contributed by atoms with Crippen LogP contribution in [0.2, 0.25) is 0 Å². The second-order valence-corrected chi connectivity index (χ2v) is 8.28. The molecule has 0 aliphatic carbocycles. The molecule has 1 aliphatic heterocycles. The quantitative estimate of drug-likeness (QED) is 0.319. The standard InChI is InChI=1S/C24H30N2O8/c1-13-9-16(15-5-4-6-17(10-15)22(31)25-3)7-8-18(13)33-23-24(32,12-26-14(2)28)21(30)20(29)19(11-27)34-23/h4-10,19-21,23,27,29-30,32H,11-12H2,1-3H3,(H,25,31)(H,26,28)/t19?,20-,21?,23+,24+/m1/s1. The molecule has 2 aromatic carbocycles. The van der Waals surface area contributed by atoms with Crippen molar-refractivity contribution in [3.8, 4) is 16.9 Å². The highest BCUT2D eigenvalue weighted by Crippen LogP contribution is 2.34. The molecule has 0 bridgehead atoms. The van der Waals surface area contributed by atoms with E-state index in [0.717, 1.165) is 11.1 Å². The van der Waals surface area contributed by atoms with Crippen molar-refractivity contribution >= 4 is 11.8 Å². The Morgan fingerprint density at radius 3 is 2.47 bits per heavy atom. The number of ether oxygens (including phenoxy) is 2. The fourth-order valence-electron chi connectivity index (χ4n) is 3.79. The fraction of sp³-hybridized carbons (Fsp3) is 0.417. The molecule has 0 spiro atoms. The van der Waals surface area contributed by atoms with Gasteiger partial charge in [0.05, 0.1) is 13.2 Å². The van der Waals surface area contributed by atoms with E-state index in [1.54, 1.807) is 44.3 Å². The van der Waals surface area contributed by atoms with Crippen LogP contribution in [0.5, 0.6) is 5.75 Å². The number of hydrogen-bond acceptors (Lipinski definition) is 8. The van der Waals surface area contributed by atoms with Gasteiger partial charge in [0.15, 0.2) is 5.60 Å². The summed E-state index contributed by atoms with van der Waals surface area (Å²) in [6.07, 6.45) is -6.07. The Bertz CT molecular complexity index is 1050. The molecule has 0 radical (unpaired) electrons. The Hall–Kier alpha value is -3.02. The summed E-state index contributed by atoms with van der Waals surface area (Å²) in [6, 6.07) is 12.3. The topological polar surface area (TPSA) is 158 Å². The van der Waals surface area contributed by atoms with E-state index in [4.69, 9.17) is 9.47 Å². The van der Waals surface area contributed by atoms with Gasteiger partial charge < -0.3 is 40.5 Å². The summed E-state index contributed by atoms with van der Waals surface area (Å²) in [6.45, 7) is 1.94. The molecule has 0 aromatic heterocycles. The molecule has 6 N–H and O–H groups in total. The summed E-state index contributed by atoms with van der Waals surface area (Å²) in [5, 5.41) is 46.4. The molecule has 10 heteroatoms. The predicted molar refractivity (Wildman–Crippen MR) is 122 cm³/mol. The van der Waals surface area contributed by atoms with E-state index in [9.17, 15) is 30.0 Å². The van der Waals surface area contributed by atoms with Gasteiger partial charge in [-0.05, 0) is 47.9 Å². The Balaban J connectivity index is 1.89. The van der Waals surface area contributed by atoms with Crippen LogP contribution in [0.3, 0.4) is 0 Å². The Labute approximate surface area is 197 Å². The molecule has 3 rings (SSSR count). The summed E-state index contributed by atoms with van der Waals surface area (Å²) >= 11 is 0. The second kappa shape index (κ2) is 10.5. The molecular weight excluding hydrogens is 444 g/mol. The van der Waals surface area contributed by atoms with Crippen LogP contribution in [-0.2, 0) is 9.53 Å². The Kier molecular flexibility index (Phi) is 7.90. The maximum absolute atomic E-state index is 11.9. The van der Waals surface area contributed by atoms with Crippen LogP contribution in [0.1, 0.15) is 22.8 Å². The van der Waals surface area contributed by atoms with Crippen LogP contribution >= 0.6 is 0 Å². The average Bonchev–Trinajstić information content (AvgIpc) is 2.83. The molecular formula is C24H30N2O8. The van der Waals surface area contributed by atoms with Crippen LogP contribution in [-0.4, -0.2) is 82.6 Å². The first kappa shape index (κ1) is 25.6. The molecule has 2 aromatic rings. The number of nitrogens with one attached hydrogen (secondary N) is 2. The third-order valence-corrected chi connectivity index (χ3v) is 5.82. The zero-order chi connectivity index (χ0) is 25.0.